The molecule has 2 aromatic rings. The van der Waals surface area contributed by atoms with Gasteiger partial charge in [0.1, 0.15) is 6.04 Å². The Morgan fingerprint density at radius 2 is 2.06 bits per heavy atom. The number of carbonyl (C=O) groups is 1. The largest absolute Gasteiger partial charge is 0.369 e. The number of primary amides is 1. The number of rotatable bonds is 4. The third-order valence-corrected chi connectivity index (χ3v) is 4.48. The molecule has 3 N–H and O–H groups in total. The Kier molecular flexibility index (Phi) is 4.42. The minimum Gasteiger partial charge on any atom is -0.369 e. The number of hydrogen-bond donors (Lipinski definition) is 2. The molecule has 0 radical (unpaired) electrons. The van der Waals surface area contributed by atoms with Crippen LogP contribution in [0.1, 0.15) is 10.9 Å². The zero-order valence-corrected chi connectivity index (χ0v) is 13.2. The molecule has 0 saturated heterocycles. The van der Waals surface area contributed by atoms with E-state index >= 15 is 0 Å². The normalized spacial score (nSPS) is 12.1. The van der Waals surface area contributed by atoms with Crippen LogP contribution in [0.15, 0.2) is 44.7 Å². The summed E-state index contributed by atoms with van der Waals surface area (Å²) in [6.45, 7) is 0. The summed E-state index contributed by atoms with van der Waals surface area (Å²) in [4.78, 5) is 12.4. The first-order chi connectivity index (χ1) is 8.56. The molecule has 0 spiro atoms. The Morgan fingerprint density at radius 3 is 2.61 bits per heavy atom. The van der Waals surface area contributed by atoms with E-state index < -0.39 is 11.9 Å². The highest BCUT2D eigenvalue weighted by atomic mass is 79.9. The lowest BCUT2D eigenvalue weighted by atomic mass is 10.2. The number of hydrogen-bond acceptors (Lipinski definition) is 3. The van der Waals surface area contributed by atoms with Crippen LogP contribution >= 0.6 is 43.2 Å². The molecule has 1 amide bonds. The van der Waals surface area contributed by atoms with Gasteiger partial charge in [0.2, 0.25) is 5.91 Å². The fourth-order valence-electron chi connectivity index (χ4n) is 1.51. The van der Waals surface area contributed by atoms with Gasteiger partial charge in [-0.15, -0.1) is 11.3 Å². The summed E-state index contributed by atoms with van der Waals surface area (Å²) >= 11 is 8.26. The second-order valence-electron chi connectivity index (χ2n) is 3.63. The van der Waals surface area contributed by atoms with Crippen LogP contribution in [0.2, 0.25) is 0 Å². The average Bonchev–Trinajstić information content (AvgIpc) is 2.72. The molecule has 6 heteroatoms. The first-order valence-corrected chi connectivity index (χ1v) is 7.53. The summed E-state index contributed by atoms with van der Waals surface area (Å²) in [5.74, 6) is -0.399. The summed E-state index contributed by atoms with van der Waals surface area (Å²) in [6, 6.07) is 10.9. The number of benzene rings is 1. The number of thiophene rings is 1. The van der Waals surface area contributed by atoms with Gasteiger partial charge in [-0.05, 0) is 46.3 Å². The van der Waals surface area contributed by atoms with E-state index in [0.29, 0.717) is 0 Å². The van der Waals surface area contributed by atoms with Crippen LogP contribution in [0, 0.1) is 0 Å². The predicted molar refractivity (Wildman–Crippen MR) is 81.7 cm³/mol. The monoisotopic (exact) mass is 388 g/mol. The molecular weight excluding hydrogens is 380 g/mol. The van der Waals surface area contributed by atoms with Gasteiger partial charge < -0.3 is 11.1 Å². The predicted octanol–water partition coefficient (Wildman–Crippen LogP) is 3.91. The third kappa shape index (κ3) is 3.34. The van der Waals surface area contributed by atoms with Crippen molar-refractivity contribution in [3.63, 3.8) is 0 Å². The first-order valence-electron chi connectivity index (χ1n) is 5.13. The Labute approximate surface area is 126 Å². The number of amides is 1. The van der Waals surface area contributed by atoms with Gasteiger partial charge in [-0.3, -0.25) is 4.79 Å². The molecule has 0 aliphatic heterocycles. The van der Waals surface area contributed by atoms with Crippen molar-refractivity contribution in [3.8, 4) is 0 Å². The van der Waals surface area contributed by atoms with Crippen molar-refractivity contribution in [2.24, 2.45) is 5.73 Å². The Hall–Kier alpha value is -0.850. The van der Waals surface area contributed by atoms with Crippen LogP contribution in [0.5, 0.6) is 0 Å². The second kappa shape index (κ2) is 5.86. The highest BCUT2D eigenvalue weighted by Crippen LogP contribution is 2.30. The van der Waals surface area contributed by atoms with E-state index in [9.17, 15) is 4.79 Å². The Bertz CT molecular complexity index is 571. The minimum absolute atomic E-state index is 0.399. The van der Waals surface area contributed by atoms with E-state index in [1.807, 2.05) is 36.4 Å². The van der Waals surface area contributed by atoms with Crippen molar-refractivity contribution < 1.29 is 4.79 Å². The van der Waals surface area contributed by atoms with E-state index in [2.05, 4.69) is 37.2 Å². The molecule has 2 rings (SSSR count). The molecular formula is C12H10Br2N2OS. The molecule has 0 fully saturated rings. The van der Waals surface area contributed by atoms with Crippen molar-refractivity contribution >= 4 is 54.8 Å². The number of nitrogens with two attached hydrogens (primary N) is 1. The van der Waals surface area contributed by atoms with Crippen LogP contribution in [0.3, 0.4) is 0 Å². The summed E-state index contributed by atoms with van der Waals surface area (Å²) in [6.07, 6.45) is 0. The van der Waals surface area contributed by atoms with Gasteiger partial charge in [-0.25, -0.2) is 0 Å². The van der Waals surface area contributed by atoms with Gasteiger partial charge in [0, 0.05) is 15.0 Å². The highest BCUT2D eigenvalue weighted by molar-refractivity contribution is 9.11. The van der Waals surface area contributed by atoms with Crippen LogP contribution in [0.25, 0.3) is 0 Å². The summed E-state index contributed by atoms with van der Waals surface area (Å²) in [7, 11) is 0. The zero-order chi connectivity index (χ0) is 13.1. The van der Waals surface area contributed by atoms with Crippen LogP contribution in [-0.2, 0) is 4.79 Å². The maximum Gasteiger partial charge on any atom is 0.245 e. The maximum absolute atomic E-state index is 11.5. The van der Waals surface area contributed by atoms with Gasteiger partial charge in [0.15, 0.2) is 0 Å². The Balaban J connectivity index is 2.24. The molecule has 0 aliphatic carbocycles. The van der Waals surface area contributed by atoms with Crippen molar-refractivity contribution in [2.45, 2.75) is 6.04 Å². The molecule has 18 heavy (non-hydrogen) atoms. The lowest BCUT2D eigenvalue weighted by Gasteiger charge is -2.15. The zero-order valence-electron chi connectivity index (χ0n) is 9.19. The fraction of sp³-hybridized carbons (Fsp3) is 0.0833. The van der Waals surface area contributed by atoms with Gasteiger partial charge in [0.05, 0.1) is 3.79 Å². The van der Waals surface area contributed by atoms with E-state index in [0.717, 1.165) is 18.8 Å². The van der Waals surface area contributed by atoms with E-state index in [1.54, 1.807) is 0 Å². The van der Waals surface area contributed by atoms with Crippen molar-refractivity contribution in [3.05, 3.63) is 49.5 Å². The van der Waals surface area contributed by atoms with E-state index in [4.69, 9.17) is 5.73 Å². The number of nitrogens with one attached hydrogen (secondary N) is 1. The molecule has 0 bridgehead atoms. The quantitative estimate of drug-likeness (QED) is 0.832. The molecule has 1 unspecified atom stereocenters. The lowest BCUT2D eigenvalue weighted by Crippen LogP contribution is -2.26. The Morgan fingerprint density at radius 1 is 1.28 bits per heavy atom. The van der Waals surface area contributed by atoms with Crippen LogP contribution in [0.4, 0.5) is 5.69 Å². The summed E-state index contributed by atoms with van der Waals surface area (Å²) in [5.41, 5.74) is 6.29. The van der Waals surface area contributed by atoms with Gasteiger partial charge in [-0.1, -0.05) is 22.0 Å². The molecule has 0 saturated carbocycles. The maximum atomic E-state index is 11.5. The third-order valence-electron chi connectivity index (χ3n) is 2.30. The van der Waals surface area contributed by atoms with Gasteiger partial charge >= 0.3 is 0 Å². The van der Waals surface area contributed by atoms with Crippen molar-refractivity contribution in [1.29, 1.82) is 0 Å². The van der Waals surface area contributed by atoms with Crippen molar-refractivity contribution in [1.82, 2.24) is 0 Å². The minimum atomic E-state index is -0.518. The smallest absolute Gasteiger partial charge is 0.245 e. The number of anilines is 1. The molecule has 0 aliphatic rings. The van der Waals surface area contributed by atoms with E-state index in [1.165, 1.54) is 11.3 Å². The molecule has 1 atom stereocenters. The van der Waals surface area contributed by atoms with Gasteiger partial charge in [0.25, 0.3) is 0 Å². The topological polar surface area (TPSA) is 55.1 Å². The first kappa shape index (κ1) is 13.6. The second-order valence-corrected chi connectivity index (χ2v) is 7.04. The molecule has 3 nitrogen and oxygen atoms in total. The number of halogens is 2. The molecule has 1 aromatic carbocycles. The molecule has 1 heterocycles. The van der Waals surface area contributed by atoms with Gasteiger partial charge in [-0.2, -0.15) is 0 Å². The molecule has 1 aromatic heterocycles. The summed E-state index contributed by atoms with van der Waals surface area (Å²) < 4.78 is 1.92. The van der Waals surface area contributed by atoms with Crippen molar-refractivity contribution in [2.75, 3.05) is 5.32 Å². The highest BCUT2D eigenvalue weighted by Gasteiger charge is 2.19. The standard InChI is InChI=1S/C12H10Br2N2OS/c13-7-2-1-3-8(6-7)16-11(12(15)17)9-4-5-10(14)18-9/h1-6,11,16H,(H2,15,17). The number of carbonyl (C=O) groups excluding carboxylic acids is 1. The van der Waals surface area contributed by atoms with Crippen LogP contribution < -0.4 is 11.1 Å². The summed E-state index contributed by atoms with van der Waals surface area (Å²) in [5, 5.41) is 3.13. The fourth-order valence-corrected chi connectivity index (χ4v) is 3.39. The molecule has 94 valence electrons. The van der Waals surface area contributed by atoms with Crippen LogP contribution in [-0.4, -0.2) is 5.91 Å². The average molecular weight is 390 g/mol. The van der Waals surface area contributed by atoms with E-state index in [-0.39, 0.29) is 0 Å². The lowest BCUT2D eigenvalue weighted by molar-refractivity contribution is -0.118. The SMILES string of the molecule is NC(=O)C(Nc1cccc(Br)c1)c1ccc(Br)s1.